The van der Waals surface area contributed by atoms with E-state index in [2.05, 4.69) is 10.6 Å². The van der Waals surface area contributed by atoms with Gasteiger partial charge in [0, 0.05) is 12.6 Å². The van der Waals surface area contributed by atoms with Crippen molar-refractivity contribution >= 4 is 17.9 Å². The molecule has 0 aromatic heterocycles. The quantitative estimate of drug-likeness (QED) is 0.607. The summed E-state index contributed by atoms with van der Waals surface area (Å²) in [6, 6.07) is -0.501. The highest BCUT2D eigenvalue weighted by Gasteiger charge is 2.28. The van der Waals surface area contributed by atoms with E-state index in [1.54, 1.807) is 0 Å². The van der Waals surface area contributed by atoms with Gasteiger partial charge >= 0.3 is 12.0 Å². The van der Waals surface area contributed by atoms with Crippen LogP contribution in [0.2, 0.25) is 0 Å². The van der Waals surface area contributed by atoms with E-state index in [4.69, 9.17) is 5.11 Å². The third kappa shape index (κ3) is 6.64. The van der Waals surface area contributed by atoms with E-state index < -0.39 is 12.0 Å². The molecule has 108 valence electrons. The van der Waals surface area contributed by atoms with Gasteiger partial charge in [0.15, 0.2) is 0 Å². The molecule has 1 aliphatic rings. The van der Waals surface area contributed by atoms with Crippen molar-refractivity contribution in [1.29, 1.82) is 0 Å². The molecular formula is C12H21N3O4. The van der Waals surface area contributed by atoms with E-state index in [0.29, 0.717) is 12.5 Å². The Bertz CT molecular complexity index is 353. The highest BCUT2D eigenvalue weighted by Crippen LogP contribution is 2.29. The molecule has 3 N–H and O–H groups in total. The SMILES string of the molecule is CC(C)NC(=O)CNC(=O)N(CC(=O)O)CC1CC1. The van der Waals surface area contributed by atoms with Gasteiger partial charge in [0.05, 0.1) is 6.54 Å². The first-order valence-corrected chi connectivity index (χ1v) is 6.42. The number of rotatable bonds is 7. The minimum absolute atomic E-state index is 0.00555. The van der Waals surface area contributed by atoms with Crippen molar-refractivity contribution in [2.75, 3.05) is 19.6 Å². The van der Waals surface area contributed by atoms with Crippen LogP contribution in [0.25, 0.3) is 0 Å². The van der Waals surface area contributed by atoms with Gasteiger partial charge in [-0.2, -0.15) is 0 Å². The monoisotopic (exact) mass is 271 g/mol. The maximum Gasteiger partial charge on any atom is 0.323 e. The Kier molecular flexibility index (Phi) is 5.59. The number of carbonyl (C=O) groups excluding carboxylic acids is 2. The van der Waals surface area contributed by atoms with E-state index in [0.717, 1.165) is 12.8 Å². The highest BCUT2D eigenvalue weighted by atomic mass is 16.4. The van der Waals surface area contributed by atoms with Crippen LogP contribution in [0.15, 0.2) is 0 Å². The Balaban J connectivity index is 2.37. The van der Waals surface area contributed by atoms with Gasteiger partial charge in [-0.3, -0.25) is 9.59 Å². The van der Waals surface area contributed by atoms with E-state index in [9.17, 15) is 14.4 Å². The zero-order chi connectivity index (χ0) is 14.4. The van der Waals surface area contributed by atoms with Crippen LogP contribution in [-0.4, -0.2) is 53.6 Å². The van der Waals surface area contributed by atoms with Gasteiger partial charge in [0.25, 0.3) is 0 Å². The number of hydrogen-bond donors (Lipinski definition) is 3. The second kappa shape index (κ2) is 6.96. The lowest BCUT2D eigenvalue weighted by Crippen LogP contribution is -2.47. The van der Waals surface area contributed by atoms with Crippen LogP contribution in [0.3, 0.4) is 0 Å². The summed E-state index contributed by atoms with van der Waals surface area (Å²) >= 11 is 0. The molecule has 0 bridgehead atoms. The van der Waals surface area contributed by atoms with Crippen LogP contribution in [0.1, 0.15) is 26.7 Å². The third-order valence-electron chi connectivity index (χ3n) is 2.64. The van der Waals surface area contributed by atoms with Gasteiger partial charge in [-0.05, 0) is 32.6 Å². The van der Waals surface area contributed by atoms with Crippen LogP contribution in [-0.2, 0) is 9.59 Å². The molecule has 1 rings (SSSR count). The minimum atomic E-state index is -1.05. The largest absolute Gasteiger partial charge is 0.480 e. The van der Waals surface area contributed by atoms with Crippen molar-refractivity contribution in [3.8, 4) is 0 Å². The normalized spacial score (nSPS) is 14.1. The average molecular weight is 271 g/mol. The first kappa shape index (κ1) is 15.3. The molecule has 1 saturated carbocycles. The summed E-state index contributed by atoms with van der Waals surface area (Å²) in [7, 11) is 0. The average Bonchev–Trinajstić information content (AvgIpc) is 3.07. The Labute approximate surface area is 112 Å². The molecule has 0 atom stereocenters. The first-order chi connectivity index (χ1) is 8.88. The van der Waals surface area contributed by atoms with Gasteiger partial charge in [-0.1, -0.05) is 0 Å². The van der Waals surface area contributed by atoms with E-state index in [1.807, 2.05) is 13.8 Å². The predicted molar refractivity (Wildman–Crippen MR) is 68.6 cm³/mol. The van der Waals surface area contributed by atoms with E-state index in [-0.39, 0.29) is 25.0 Å². The number of nitrogens with zero attached hydrogens (tertiary/aromatic N) is 1. The molecular weight excluding hydrogens is 250 g/mol. The van der Waals surface area contributed by atoms with Gasteiger partial charge < -0.3 is 20.6 Å². The number of hydrogen-bond acceptors (Lipinski definition) is 3. The van der Waals surface area contributed by atoms with E-state index in [1.165, 1.54) is 4.90 Å². The summed E-state index contributed by atoms with van der Waals surface area (Å²) in [5.74, 6) is -0.943. The van der Waals surface area contributed by atoms with Crippen LogP contribution in [0.4, 0.5) is 4.79 Å². The van der Waals surface area contributed by atoms with Crippen molar-refractivity contribution in [2.45, 2.75) is 32.7 Å². The van der Waals surface area contributed by atoms with Crippen LogP contribution in [0.5, 0.6) is 0 Å². The summed E-state index contributed by atoms with van der Waals surface area (Å²) < 4.78 is 0. The molecule has 19 heavy (non-hydrogen) atoms. The Morgan fingerprint density at radius 1 is 1.32 bits per heavy atom. The molecule has 0 radical (unpaired) electrons. The summed E-state index contributed by atoms with van der Waals surface area (Å²) in [5.41, 5.74) is 0. The molecule has 1 fully saturated rings. The molecule has 3 amide bonds. The Hall–Kier alpha value is -1.79. The molecule has 7 nitrogen and oxygen atoms in total. The molecule has 7 heteroatoms. The smallest absolute Gasteiger partial charge is 0.323 e. The van der Waals surface area contributed by atoms with Gasteiger partial charge in [0.2, 0.25) is 5.91 Å². The molecule has 0 aromatic rings. The maximum absolute atomic E-state index is 11.8. The summed E-state index contributed by atoms with van der Waals surface area (Å²) in [6.45, 7) is 3.60. The van der Waals surface area contributed by atoms with Gasteiger partial charge in [0.1, 0.15) is 6.54 Å². The maximum atomic E-state index is 11.8. The number of urea groups is 1. The first-order valence-electron chi connectivity index (χ1n) is 6.42. The Morgan fingerprint density at radius 2 is 1.95 bits per heavy atom. The zero-order valence-electron chi connectivity index (χ0n) is 11.3. The topological polar surface area (TPSA) is 98.7 Å². The zero-order valence-corrected chi connectivity index (χ0v) is 11.3. The minimum Gasteiger partial charge on any atom is -0.480 e. The predicted octanol–water partition coefficient (Wildman–Crippen LogP) is 0.0172. The molecule has 0 aromatic carbocycles. The lowest BCUT2D eigenvalue weighted by molar-refractivity contribution is -0.137. The summed E-state index contributed by atoms with van der Waals surface area (Å²) in [5, 5.41) is 13.8. The number of amides is 3. The lowest BCUT2D eigenvalue weighted by Gasteiger charge is -2.21. The fourth-order valence-corrected chi connectivity index (χ4v) is 1.64. The fraction of sp³-hybridized carbons (Fsp3) is 0.750. The second-order valence-electron chi connectivity index (χ2n) is 5.10. The van der Waals surface area contributed by atoms with Crippen molar-refractivity contribution in [2.24, 2.45) is 5.92 Å². The molecule has 0 aliphatic heterocycles. The van der Waals surface area contributed by atoms with Crippen molar-refractivity contribution < 1.29 is 19.5 Å². The number of carbonyl (C=O) groups is 3. The number of carboxylic acid groups (broad SMARTS) is 1. The molecule has 0 saturated heterocycles. The number of aliphatic carboxylic acids is 1. The molecule has 0 unspecified atom stereocenters. The molecule has 1 aliphatic carbocycles. The van der Waals surface area contributed by atoms with Crippen LogP contribution in [0, 0.1) is 5.92 Å². The lowest BCUT2D eigenvalue weighted by atomic mass is 10.3. The Morgan fingerprint density at radius 3 is 2.42 bits per heavy atom. The van der Waals surface area contributed by atoms with Crippen molar-refractivity contribution in [3.05, 3.63) is 0 Å². The third-order valence-corrected chi connectivity index (χ3v) is 2.64. The van der Waals surface area contributed by atoms with Crippen molar-refractivity contribution in [3.63, 3.8) is 0 Å². The van der Waals surface area contributed by atoms with Gasteiger partial charge in [-0.25, -0.2) is 4.79 Å². The van der Waals surface area contributed by atoms with Crippen molar-refractivity contribution in [1.82, 2.24) is 15.5 Å². The fourth-order valence-electron chi connectivity index (χ4n) is 1.64. The van der Waals surface area contributed by atoms with Crippen LogP contribution < -0.4 is 10.6 Å². The summed E-state index contributed by atoms with van der Waals surface area (Å²) in [6.07, 6.45) is 2.05. The number of nitrogens with one attached hydrogen (secondary N) is 2. The highest BCUT2D eigenvalue weighted by molar-refractivity contribution is 5.85. The summed E-state index contributed by atoms with van der Waals surface area (Å²) in [4.78, 5) is 35.1. The second-order valence-corrected chi connectivity index (χ2v) is 5.10. The van der Waals surface area contributed by atoms with Gasteiger partial charge in [-0.15, -0.1) is 0 Å². The molecule has 0 spiro atoms. The molecule has 0 heterocycles. The van der Waals surface area contributed by atoms with E-state index >= 15 is 0 Å². The van der Waals surface area contributed by atoms with Crippen LogP contribution >= 0.6 is 0 Å². The number of carboxylic acids is 1. The standard InChI is InChI=1S/C12H21N3O4/c1-8(2)14-10(16)5-13-12(19)15(7-11(17)18)6-9-3-4-9/h8-9H,3-7H2,1-2H3,(H,13,19)(H,14,16)(H,17,18).